The summed E-state index contributed by atoms with van der Waals surface area (Å²) in [7, 11) is 0. The normalized spacial score (nSPS) is 30.1. The van der Waals surface area contributed by atoms with E-state index in [0.29, 0.717) is 17.4 Å². The standard InChI is InChI=1S/C28H24Cl2N2O4/c1-2-22(25(33)14-6-4-3-5-7-14)31(26(34)15-8-11-20(29)21(30)12-15)32-27(35)23-16-9-10-17(19-13-18(16)19)24(23)28(32)36/h3-12,16-19,22-24H,2,13H2,1H3/t16-,17-,18-,19+,22+,23+,24+/m0/s1. The van der Waals surface area contributed by atoms with Gasteiger partial charge in [-0.2, -0.15) is 5.01 Å². The third kappa shape index (κ3) is 3.38. The van der Waals surface area contributed by atoms with Crippen LogP contribution in [0.15, 0.2) is 60.7 Å². The fraction of sp³-hybridized carbons (Fsp3) is 0.357. The van der Waals surface area contributed by atoms with Gasteiger partial charge in [0.2, 0.25) is 0 Å². The van der Waals surface area contributed by atoms with E-state index in [9.17, 15) is 19.2 Å². The third-order valence-corrected chi connectivity index (χ3v) is 9.01. The van der Waals surface area contributed by atoms with Crippen molar-refractivity contribution in [1.82, 2.24) is 10.0 Å². The lowest BCUT2D eigenvalue weighted by Gasteiger charge is -2.37. The molecule has 184 valence electrons. The molecular weight excluding hydrogens is 499 g/mol. The van der Waals surface area contributed by atoms with Crippen LogP contribution in [-0.4, -0.2) is 39.6 Å². The number of nitrogens with zero attached hydrogens (tertiary/aromatic N) is 2. The van der Waals surface area contributed by atoms with Crippen LogP contribution in [0.5, 0.6) is 0 Å². The SMILES string of the molecule is CC[C@H](C(=O)c1ccccc1)N(C(=O)c1ccc(Cl)c(Cl)c1)N1C(=O)[C@@H]2[C@H]3C=C[C@@H]([C@@H]4C[C@H]34)[C@H]2C1=O. The Kier molecular flexibility index (Phi) is 5.58. The molecule has 1 saturated heterocycles. The van der Waals surface area contributed by atoms with Crippen molar-refractivity contribution in [3.05, 3.63) is 81.9 Å². The van der Waals surface area contributed by atoms with Crippen LogP contribution in [0.1, 0.15) is 40.5 Å². The number of halogens is 2. The van der Waals surface area contributed by atoms with Gasteiger partial charge in [-0.3, -0.25) is 19.2 Å². The van der Waals surface area contributed by atoms with Crippen LogP contribution in [0.4, 0.5) is 0 Å². The van der Waals surface area contributed by atoms with Crippen molar-refractivity contribution < 1.29 is 19.2 Å². The Morgan fingerprint density at radius 3 is 2.08 bits per heavy atom. The first-order valence-corrected chi connectivity index (χ1v) is 13.0. The zero-order valence-corrected chi connectivity index (χ0v) is 21.0. The number of amides is 3. The molecule has 7 rings (SSSR count). The molecule has 0 aromatic heterocycles. The van der Waals surface area contributed by atoms with Crippen molar-refractivity contribution in [2.45, 2.75) is 25.8 Å². The van der Waals surface area contributed by atoms with E-state index in [1.165, 1.54) is 18.2 Å². The van der Waals surface area contributed by atoms with Gasteiger partial charge in [0.25, 0.3) is 17.7 Å². The van der Waals surface area contributed by atoms with Crippen LogP contribution in [0.25, 0.3) is 0 Å². The topological polar surface area (TPSA) is 74.8 Å². The number of rotatable bonds is 6. The first kappa shape index (κ1) is 23.4. The lowest BCUT2D eigenvalue weighted by molar-refractivity contribution is -0.157. The van der Waals surface area contributed by atoms with Crippen LogP contribution in [0.3, 0.4) is 0 Å². The summed E-state index contributed by atoms with van der Waals surface area (Å²) in [5, 5.41) is 2.50. The van der Waals surface area contributed by atoms with E-state index in [0.717, 1.165) is 16.4 Å². The number of imide groups is 1. The maximum absolute atomic E-state index is 14.0. The van der Waals surface area contributed by atoms with Crippen LogP contribution in [0.2, 0.25) is 10.0 Å². The van der Waals surface area contributed by atoms with E-state index in [1.807, 2.05) is 0 Å². The van der Waals surface area contributed by atoms with Crippen LogP contribution in [-0.2, 0) is 9.59 Å². The Bertz CT molecular complexity index is 1290. The summed E-state index contributed by atoms with van der Waals surface area (Å²) in [6.45, 7) is 1.76. The van der Waals surface area contributed by atoms with Gasteiger partial charge < -0.3 is 0 Å². The van der Waals surface area contributed by atoms with Crippen molar-refractivity contribution in [3.63, 3.8) is 0 Å². The minimum Gasteiger partial charge on any atom is -0.292 e. The summed E-state index contributed by atoms with van der Waals surface area (Å²) in [5.74, 6) is -1.94. The van der Waals surface area contributed by atoms with Gasteiger partial charge in [0.1, 0.15) is 6.04 Å². The maximum Gasteiger partial charge on any atom is 0.273 e. The molecular formula is C28H24Cl2N2O4. The zero-order valence-electron chi connectivity index (χ0n) is 19.5. The van der Waals surface area contributed by atoms with Crippen LogP contribution >= 0.6 is 23.2 Å². The molecule has 0 unspecified atom stereocenters. The van der Waals surface area contributed by atoms with Crippen LogP contribution in [0, 0.1) is 35.5 Å². The second-order valence-electron chi connectivity index (χ2n) is 10.1. The molecule has 5 aliphatic rings. The molecule has 0 spiro atoms. The highest BCUT2D eigenvalue weighted by molar-refractivity contribution is 6.42. The Labute approximate surface area is 218 Å². The second-order valence-corrected chi connectivity index (χ2v) is 10.9. The highest BCUT2D eigenvalue weighted by atomic mass is 35.5. The van der Waals surface area contributed by atoms with E-state index < -0.39 is 35.6 Å². The molecule has 7 atom stereocenters. The van der Waals surface area contributed by atoms with Crippen molar-refractivity contribution in [1.29, 1.82) is 0 Å². The third-order valence-electron chi connectivity index (χ3n) is 8.27. The Hall–Kier alpha value is -2.96. The molecule has 2 aromatic rings. The van der Waals surface area contributed by atoms with Gasteiger partial charge in [-0.1, -0.05) is 72.6 Å². The van der Waals surface area contributed by atoms with Crippen LogP contribution < -0.4 is 0 Å². The molecule has 6 nitrogen and oxygen atoms in total. The fourth-order valence-corrected chi connectivity index (χ4v) is 6.85. The van der Waals surface area contributed by atoms with E-state index in [1.54, 1.807) is 37.3 Å². The van der Waals surface area contributed by atoms with Crippen molar-refractivity contribution in [2.75, 3.05) is 0 Å². The number of ketones is 1. The summed E-state index contributed by atoms with van der Waals surface area (Å²) in [5.41, 5.74) is 0.541. The fourth-order valence-electron chi connectivity index (χ4n) is 6.55. The average Bonchev–Trinajstić information content (AvgIpc) is 3.68. The summed E-state index contributed by atoms with van der Waals surface area (Å²) in [6, 6.07) is 11.9. The molecule has 8 heteroatoms. The summed E-state index contributed by atoms with van der Waals surface area (Å²) in [6.07, 6.45) is 5.40. The number of hydrazine groups is 1. The van der Waals surface area contributed by atoms with E-state index in [-0.39, 0.29) is 39.6 Å². The molecule has 3 fully saturated rings. The monoisotopic (exact) mass is 522 g/mol. The van der Waals surface area contributed by atoms with Gasteiger partial charge in [-0.15, -0.1) is 0 Å². The molecule has 0 radical (unpaired) electrons. The van der Waals surface area contributed by atoms with Gasteiger partial charge in [0.05, 0.1) is 21.9 Å². The van der Waals surface area contributed by atoms with Crippen molar-refractivity contribution in [3.8, 4) is 0 Å². The summed E-state index contributed by atoms with van der Waals surface area (Å²) >= 11 is 12.3. The number of carbonyl (C=O) groups is 4. The zero-order chi connectivity index (χ0) is 25.3. The number of benzene rings is 2. The number of allylic oxidation sites excluding steroid dienone is 2. The maximum atomic E-state index is 14.0. The summed E-state index contributed by atoms with van der Waals surface area (Å²) in [4.78, 5) is 55.4. The van der Waals surface area contributed by atoms with Gasteiger partial charge in [-0.05, 0) is 54.7 Å². The first-order valence-electron chi connectivity index (χ1n) is 12.3. The average molecular weight is 523 g/mol. The highest BCUT2D eigenvalue weighted by Crippen LogP contribution is 2.65. The molecule has 1 aliphatic heterocycles. The number of carbonyl (C=O) groups excluding carboxylic acids is 4. The molecule has 2 aromatic carbocycles. The molecule has 0 N–H and O–H groups in total. The predicted molar refractivity (Wildman–Crippen MR) is 134 cm³/mol. The minimum atomic E-state index is -1.05. The Balaban J connectivity index is 1.44. The first-order chi connectivity index (χ1) is 17.3. The second kappa shape index (κ2) is 8.56. The lowest BCUT2D eigenvalue weighted by Crippen LogP contribution is -2.57. The molecule has 1 heterocycles. The number of hydrogen-bond donors (Lipinski definition) is 0. The Morgan fingerprint density at radius 2 is 1.53 bits per heavy atom. The smallest absolute Gasteiger partial charge is 0.273 e. The predicted octanol–water partition coefficient (Wildman–Crippen LogP) is 5.07. The number of hydrogen-bond acceptors (Lipinski definition) is 4. The van der Waals surface area contributed by atoms with Gasteiger partial charge >= 0.3 is 0 Å². The van der Waals surface area contributed by atoms with E-state index in [4.69, 9.17) is 23.2 Å². The van der Waals surface area contributed by atoms with Crippen molar-refractivity contribution in [2.24, 2.45) is 35.5 Å². The van der Waals surface area contributed by atoms with Gasteiger partial charge in [-0.25, -0.2) is 5.01 Å². The molecule has 36 heavy (non-hydrogen) atoms. The molecule has 4 aliphatic carbocycles. The van der Waals surface area contributed by atoms with E-state index >= 15 is 0 Å². The van der Waals surface area contributed by atoms with Gasteiger partial charge in [0, 0.05) is 11.1 Å². The largest absolute Gasteiger partial charge is 0.292 e. The lowest BCUT2D eigenvalue weighted by atomic mass is 9.63. The molecule has 3 amide bonds. The Morgan fingerprint density at radius 1 is 0.917 bits per heavy atom. The minimum absolute atomic E-state index is 0.00159. The summed E-state index contributed by atoms with van der Waals surface area (Å²) < 4.78 is 0. The number of Topliss-reactive ketones (excluding diaryl/α,β-unsaturated/α-hetero) is 1. The van der Waals surface area contributed by atoms with E-state index in [2.05, 4.69) is 12.2 Å². The highest BCUT2D eigenvalue weighted by Gasteiger charge is 2.68. The van der Waals surface area contributed by atoms with Gasteiger partial charge in [0.15, 0.2) is 5.78 Å². The quantitative estimate of drug-likeness (QED) is 0.301. The molecule has 2 saturated carbocycles. The molecule has 2 bridgehead atoms. The van der Waals surface area contributed by atoms with Crippen molar-refractivity contribution >= 4 is 46.7 Å².